The number of thioether (sulfide) groups is 1. The summed E-state index contributed by atoms with van der Waals surface area (Å²) in [5.74, 6) is 0.676. The highest BCUT2D eigenvalue weighted by Crippen LogP contribution is 2.24. The molecule has 0 aliphatic heterocycles. The van der Waals surface area contributed by atoms with Crippen molar-refractivity contribution in [3.63, 3.8) is 0 Å². The van der Waals surface area contributed by atoms with Crippen molar-refractivity contribution in [1.82, 2.24) is 19.7 Å². The molecule has 9 heteroatoms. The van der Waals surface area contributed by atoms with E-state index in [-0.39, 0.29) is 17.4 Å². The van der Waals surface area contributed by atoms with Crippen LogP contribution in [-0.4, -0.2) is 50.4 Å². The lowest BCUT2D eigenvalue weighted by molar-refractivity contribution is -0.113. The van der Waals surface area contributed by atoms with Crippen LogP contribution >= 0.6 is 11.8 Å². The van der Waals surface area contributed by atoms with Gasteiger partial charge < -0.3 is 14.6 Å². The fourth-order valence-corrected chi connectivity index (χ4v) is 3.69. The van der Waals surface area contributed by atoms with Crippen molar-refractivity contribution >= 4 is 29.1 Å². The van der Waals surface area contributed by atoms with Crippen LogP contribution in [0.3, 0.4) is 0 Å². The summed E-state index contributed by atoms with van der Waals surface area (Å²) in [5.41, 5.74) is 2.06. The van der Waals surface area contributed by atoms with Gasteiger partial charge >= 0.3 is 0 Å². The number of hydrogen-bond donors (Lipinski definition) is 1. The van der Waals surface area contributed by atoms with Gasteiger partial charge in [-0.15, -0.1) is 10.2 Å². The molecule has 0 atom stereocenters. The maximum absolute atomic E-state index is 12.5. The first-order valence-electron chi connectivity index (χ1n) is 10.0. The summed E-state index contributed by atoms with van der Waals surface area (Å²) in [6.45, 7) is 5.45. The highest BCUT2D eigenvalue weighted by molar-refractivity contribution is 7.99. The molecular formula is C22H25N5O3S. The number of pyridine rings is 1. The average molecular weight is 440 g/mol. The Morgan fingerprint density at radius 1 is 1.16 bits per heavy atom. The number of carbonyl (C=O) groups is 2. The number of rotatable bonds is 11. The Kier molecular flexibility index (Phi) is 8.31. The van der Waals surface area contributed by atoms with Gasteiger partial charge in [0, 0.05) is 49.0 Å². The fourth-order valence-electron chi connectivity index (χ4n) is 2.92. The van der Waals surface area contributed by atoms with E-state index in [1.54, 1.807) is 36.7 Å². The topological polar surface area (TPSA) is 99.0 Å². The number of anilines is 1. The van der Waals surface area contributed by atoms with Crippen molar-refractivity contribution in [3.8, 4) is 11.4 Å². The van der Waals surface area contributed by atoms with Crippen molar-refractivity contribution in [1.29, 1.82) is 0 Å². The summed E-state index contributed by atoms with van der Waals surface area (Å²) in [5, 5.41) is 12.1. The van der Waals surface area contributed by atoms with Gasteiger partial charge in [-0.05, 0) is 44.5 Å². The van der Waals surface area contributed by atoms with E-state index in [1.807, 2.05) is 23.6 Å². The third-order valence-corrected chi connectivity index (χ3v) is 5.38. The van der Waals surface area contributed by atoms with Crippen molar-refractivity contribution < 1.29 is 14.3 Å². The minimum absolute atomic E-state index is 0.0470. The number of hydrogen-bond acceptors (Lipinski definition) is 7. The molecule has 31 heavy (non-hydrogen) atoms. The van der Waals surface area contributed by atoms with Crippen molar-refractivity contribution in [2.45, 2.75) is 32.0 Å². The number of nitrogens with one attached hydrogen (secondary N) is 1. The van der Waals surface area contributed by atoms with Gasteiger partial charge in [0.15, 0.2) is 16.8 Å². The largest absolute Gasteiger partial charge is 0.382 e. The summed E-state index contributed by atoms with van der Waals surface area (Å²) in [6, 6.07) is 10.7. The van der Waals surface area contributed by atoms with E-state index in [0.29, 0.717) is 36.2 Å². The van der Waals surface area contributed by atoms with Crippen LogP contribution in [0.5, 0.6) is 0 Å². The Labute approximate surface area is 185 Å². The maximum atomic E-state index is 12.5. The minimum atomic E-state index is -0.181. The lowest BCUT2D eigenvalue weighted by Crippen LogP contribution is -2.15. The number of Topliss-reactive ketones (excluding diaryl/α,β-unsaturated/α-hetero) is 1. The van der Waals surface area contributed by atoms with Gasteiger partial charge in [0.1, 0.15) is 0 Å². The molecule has 8 nitrogen and oxygen atoms in total. The molecule has 0 spiro atoms. The van der Waals surface area contributed by atoms with Gasteiger partial charge in [0.25, 0.3) is 0 Å². The molecule has 0 unspecified atom stereocenters. The number of aromatic nitrogens is 4. The molecule has 2 heterocycles. The minimum Gasteiger partial charge on any atom is -0.382 e. The molecule has 0 aliphatic rings. The molecule has 2 aromatic heterocycles. The third-order valence-electron chi connectivity index (χ3n) is 4.42. The summed E-state index contributed by atoms with van der Waals surface area (Å²) in [4.78, 5) is 28.0. The van der Waals surface area contributed by atoms with Crippen LogP contribution in [0, 0.1) is 0 Å². The van der Waals surface area contributed by atoms with Crippen LogP contribution in [0.25, 0.3) is 11.4 Å². The standard InChI is InChI=1S/C22H25N5O3S/c1-3-30-13-5-12-27-21(17-8-10-23-11-9-17)25-26-22(27)31-15-20(29)24-19-7-4-6-18(14-19)16(2)28/h4,6-11,14H,3,5,12-13,15H2,1-2H3,(H,24,29). The number of ketones is 1. The quantitative estimate of drug-likeness (QED) is 0.276. The lowest BCUT2D eigenvalue weighted by atomic mass is 10.1. The first-order chi connectivity index (χ1) is 15.1. The van der Waals surface area contributed by atoms with Crippen LogP contribution in [0.2, 0.25) is 0 Å². The van der Waals surface area contributed by atoms with Gasteiger partial charge in [-0.3, -0.25) is 14.6 Å². The molecule has 3 aromatic rings. The smallest absolute Gasteiger partial charge is 0.234 e. The van der Waals surface area contributed by atoms with E-state index in [1.165, 1.54) is 18.7 Å². The monoisotopic (exact) mass is 439 g/mol. The highest BCUT2D eigenvalue weighted by atomic mass is 32.2. The van der Waals surface area contributed by atoms with Crippen LogP contribution in [0.4, 0.5) is 5.69 Å². The van der Waals surface area contributed by atoms with Crippen molar-refractivity contribution in [2.24, 2.45) is 0 Å². The van der Waals surface area contributed by atoms with Gasteiger partial charge in [0.2, 0.25) is 5.91 Å². The zero-order valence-electron chi connectivity index (χ0n) is 17.6. The van der Waals surface area contributed by atoms with Crippen LogP contribution < -0.4 is 5.32 Å². The summed E-state index contributed by atoms with van der Waals surface area (Å²) < 4.78 is 7.45. The Morgan fingerprint density at radius 2 is 1.97 bits per heavy atom. The number of benzene rings is 1. The predicted octanol–water partition coefficient (Wildman–Crippen LogP) is 3.70. The zero-order valence-corrected chi connectivity index (χ0v) is 18.4. The Balaban J connectivity index is 1.68. The number of nitrogens with zero attached hydrogens (tertiary/aromatic N) is 4. The molecule has 0 radical (unpaired) electrons. The molecule has 3 rings (SSSR count). The van der Waals surface area contributed by atoms with Gasteiger partial charge in [-0.1, -0.05) is 23.9 Å². The first-order valence-corrected chi connectivity index (χ1v) is 11.0. The molecule has 0 saturated carbocycles. The van der Waals surface area contributed by atoms with E-state index in [2.05, 4.69) is 20.5 Å². The molecule has 0 saturated heterocycles. The summed E-state index contributed by atoms with van der Waals surface area (Å²) in [6.07, 6.45) is 4.23. The Morgan fingerprint density at radius 3 is 2.71 bits per heavy atom. The van der Waals surface area contributed by atoms with Crippen molar-refractivity contribution in [3.05, 3.63) is 54.4 Å². The van der Waals surface area contributed by atoms with Gasteiger partial charge in [-0.25, -0.2) is 0 Å². The second kappa shape index (κ2) is 11.4. The predicted molar refractivity (Wildman–Crippen MR) is 120 cm³/mol. The van der Waals surface area contributed by atoms with E-state index >= 15 is 0 Å². The van der Waals surface area contributed by atoms with E-state index in [4.69, 9.17) is 4.74 Å². The Hall–Kier alpha value is -3.04. The molecule has 162 valence electrons. The third kappa shape index (κ3) is 6.47. The van der Waals surface area contributed by atoms with Crippen LogP contribution in [0.15, 0.2) is 53.9 Å². The van der Waals surface area contributed by atoms with Crippen LogP contribution in [-0.2, 0) is 16.1 Å². The average Bonchev–Trinajstić information content (AvgIpc) is 3.19. The molecule has 1 aromatic carbocycles. The highest BCUT2D eigenvalue weighted by Gasteiger charge is 2.16. The normalized spacial score (nSPS) is 10.8. The van der Waals surface area contributed by atoms with E-state index in [0.717, 1.165) is 17.8 Å². The van der Waals surface area contributed by atoms with E-state index < -0.39 is 0 Å². The SMILES string of the molecule is CCOCCCn1c(SCC(=O)Nc2cccc(C(C)=O)c2)nnc1-c1ccncc1. The second-order valence-electron chi connectivity index (χ2n) is 6.72. The van der Waals surface area contributed by atoms with E-state index in [9.17, 15) is 9.59 Å². The number of amides is 1. The maximum Gasteiger partial charge on any atom is 0.234 e. The molecule has 1 amide bonds. The fraction of sp³-hybridized carbons (Fsp3) is 0.318. The molecular weight excluding hydrogens is 414 g/mol. The summed E-state index contributed by atoms with van der Waals surface area (Å²) >= 11 is 1.32. The van der Waals surface area contributed by atoms with Crippen LogP contribution in [0.1, 0.15) is 30.6 Å². The second-order valence-corrected chi connectivity index (χ2v) is 7.66. The van der Waals surface area contributed by atoms with Gasteiger partial charge in [-0.2, -0.15) is 0 Å². The Bertz CT molecular complexity index is 1020. The first kappa shape index (κ1) is 22.6. The molecule has 0 fully saturated rings. The molecule has 0 aliphatic carbocycles. The zero-order chi connectivity index (χ0) is 22.1. The van der Waals surface area contributed by atoms with Crippen molar-refractivity contribution in [2.75, 3.05) is 24.3 Å². The van der Waals surface area contributed by atoms with Gasteiger partial charge in [0.05, 0.1) is 5.75 Å². The lowest BCUT2D eigenvalue weighted by Gasteiger charge is -2.10. The molecule has 0 bridgehead atoms. The summed E-state index contributed by atoms with van der Waals surface area (Å²) in [7, 11) is 0. The number of carbonyl (C=O) groups excluding carboxylic acids is 2. The molecule has 1 N–H and O–H groups in total. The number of ether oxygens (including phenoxy) is 1.